The predicted molar refractivity (Wildman–Crippen MR) is 72.3 cm³/mol. The van der Waals surface area contributed by atoms with Gasteiger partial charge in [0.25, 0.3) is 0 Å². The lowest BCUT2D eigenvalue weighted by Crippen LogP contribution is -2.60. The van der Waals surface area contributed by atoms with Gasteiger partial charge in [0.2, 0.25) is 0 Å². The molecule has 102 valence electrons. The Bertz CT molecular complexity index is 386. The Morgan fingerprint density at radius 2 is 2.33 bits per heavy atom. The van der Waals surface area contributed by atoms with E-state index in [1.165, 1.54) is 5.56 Å². The van der Waals surface area contributed by atoms with E-state index >= 15 is 0 Å². The van der Waals surface area contributed by atoms with Crippen molar-refractivity contribution in [2.24, 2.45) is 5.41 Å². The molecule has 18 heavy (non-hydrogen) atoms. The summed E-state index contributed by atoms with van der Waals surface area (Å²) in [5.74, 6) is 0. The highest BCUT2D eigenvalue weighted by atomic mass is 16.5. The summed E-state index contributed by atoms with van der Waals surface area (Å²) in [6.45, 7) is 8.60. The maximum absolute atomic E-state index is 5.46. The van der Waals surface area contributed by atoms with Gasteiger partial charge in [-0.3, -0.25) is 4.68 Å². The van der Waals surface area contributed by atoms with Crippen LogP contribution in [0.25, 0.3) is 0 Å². The molecule has 1 aromatic rings. The molecule has 0 amide bonds. The minimum absolute atomic E-state index is 0.230. The van der Waals surface area contributed by atoms with Crippen LogP contribution >= 0.6 is 0 Å². The smallest absolute Gasteiger partial charge is 0.0652 e. The maximum Gasteiger partial charge on any atom is 0.0652 e. The molecule has 0 bridgehead atoms. The van der Waals surface area contributed by atoms with Crippen molar-refractivity contribution in [3.05, 3.63) is 18.0 Å². The standard InChI is InChI=1S/C14H25N3O/c1-5-6-17-10-11(9-16-17)8-15-12-7-13(18-4)14(12,2)3/h9-10,12-13,15H,5-8H2,1-4H3. The molecule has 1 aliphatic carbocycles. The molecule has 2 atom stereocenters. The van der Waals surface area contributed by atoms with E-state index < -0.39 is 0 Å². The minimum Gasteiger partial charge on any atom is -0.381 e. The van der Waals surface area contributed by atoms with Crippen LogP contribution in [0.4, 0.5) is 0 Å². The summed E-state index contributed by atoms with van der Waals surface area (Å²) in [6, 6.07) is 0.539. The van der Waals surface area contributed by atoms with E-state index in [0.717, 1.165) is 25.9 Å². The Balaban J connectivity index is 1.81. The molecule has 1 aliphatic rings. The van der Waals surface area contributed by atoms with Gasteiger partial charge in [0.15, 0.2) is 0 Å². The number of hydrogen-bond acceptors (Lipinski definition) is 3. The van der Waals surface area contributed by atoms with Gasteiger partial charge in [0.1, 0.15) is 0 Å². The van der Waals surface area contributed by atoms with Crippen LogP contribution in [-0.4, -0.2) is 29.0 Å². The first kappa shape index (κ1) is 13.6. The van der Waals surface area contributed by atoms with Gasteiger partial charge in [-0.1, -0.05) is 20.8 Å². The average molecular weight is 251 g/mol. The zero-order valence-corrected chi connectivity index (χ0v) is 11.9. The van der Waals surface area contributed by atoms with E-state index in [0.29, 0.717) is 12.1 Å². The predicted octanol–water partition coefficient (Wildman–Crippen LogP) is 2.20. The number of nitrogens with one attached hydrogen (secondary N) is 1. The van der Waals surface area contributed by atoms with Crippen molar-refractivity contribution >= 4 is 0 Å². The van der Waals surface area contributed by atoms with Crippen LogP contribution in [0.3, 0.4) is 0 Å². The van der Waals surface area contributed by atoms with E-state index in [9.17, 15) is 0 Å². The second kappa shape index (κ2) is 5.41. The molecule has 0 aromatic carbocycles. The first-order chi connectivity index (χ1) is 8.57. The molecule has 2 rings (SSSR count). The molecular formula is C14H25N3O. The van der Waals surface area contributed by atoms with Crippen LogP contribution in [-0.2, 0) is 17.8 Å². The summed E-state index contributed by atoms with van der Waals surface area (Å²) in [4.78, 5) is 0. The highest BCUT2D eigenvalue weighted by Gasteiger charge is 2.48. The molecule has 4 heteroatoms. The lowest BCUT2D eigenvalue weighted by Gasteiger charge is -2.51. The molecule has 0 spiro atoms. The molecule has 1 saturated carbocycles. The first-order valence-electron chi connectivity index (χ1n) is 6.85. The normalized spacial score (nSPS) is 26.0. The number of ether oxygens (including phenoxy) is 1. The molecule has 1 heterocycles. The Morgan fingerprint density at radius 3 is 2.94 bits per heavy atom. The van der Waals surface area contributed by atoms with Crippen molar-refractivity contribution in [2.75, 3.05) is 7.11 Å². The maximum atomic E-state index is 5.46. The highest BCUT2D eigenvalue weighted by molar-refractivity contribution is 5.07. The second-order valence-electron chi connectivity index (χ2n) is 5.83. The molecule has 0 aliphatic heterocycles. The highest BCUT2D eigenvalue weighted by Crippen LogP contribution is 2.42. The summed E-state index contributed by atoms with van der Waals surface area (Å²) in [5.41, 5.74) is 1.49. The Labute approximate surface area is 110 Å². The van der Waals surface area contributed by atoms with Crippen molar-refractivity contribution in [3.63, 3.8) is 0 Å². The largest absolute Gasteiger partial charge is 0.381 e. The Kier molecular flexibility index (Phi) is 4.07. The Hall–Kier alpha value is -0.870. The van der Waals surface area contributed by atoms with Gasteiger partial charge in [-0.2, -0.15) is 5.10 Å². The molecule has 0 radical (unpaired) electrons. The van der Waals surface area contributed by atoms with Gasteiger partial charge in [-0.15, -0.1) is 0 Å². The van der Waals surface area contributed by atoms with E-state index in [2.05, 4.69) is 37.4 Å². The third-order valence-electron chi connectivity index (χ3n) is 4.15. The summed E-state index contributed by atoms with van der Waals surface area (Å²) in [6.07, 6.45) is 6.71. The fourth-order valence-corrected chi connectivity index (χ4v) is 2.72. The van der Waals surface area contributed by atoms with Crippen molar-refractivity contribution in [1.29, 1.82) is 0 Å². The van der Waals surface area contributed by atoms with Crippen LogP contribution in [0.1, 0.15) is 39.2 Å². The van der Waals surface area contributed by atoms with Crippen molar-refractivity contribution in [2.45, 2.75) is 58.8 Å². The molecule has 1 N–H and O–H groups in total. The van der Waals surface area contributed by atoms with Gasteiger partial charge in [0.05, 0.1) is 12.3 Å². The van der Waals surface area contributed by atoms with Gasteiger partial charge >= 0.3 is 0 Å². The first-order valence-corrected chi connectivity index (χ1v) is 6.85. The number of methoxy groups -OCH3 is 1. The van der Waals surface area contributed by atoms with Crippen molar-refractivity contribution < 1.29 is 4.74 Å². The zero-order valence-electron chi connectivity index (χ0n) is 11.9. The summed E-state index contributed by atoms with van der Waals surface area (Å²) in [5, 5.41) is 7.96. The van der Waals surface area contributed by atoms with Gasteiger partial charge in [0, 0.05) is 43.4 Å². The van der Waals surface area contributed by atoms with Crippen LogP contribution in [0.5, 0.6) is 0 Å². The van der Waals surface area contributed by atoms with Crippen LogP contribution < -0.4 is 5.32 Å². The summed E-state index contributed by atoms with van der Waals surface area (Å²) in [7, 11) is 1.80. The van der Waals surface area contributed by atoms with Crippen LogP contribution in [0.15, 0.2) is 12.4 Å². The van der Waals surface area contributed by atoms with E-state index in [1.807, 2.05) is 10.9 Å². The average Bonchev–Trinajstić information content (AvgIpc) is 2.76. The molecule has 2 unspecified atom stereocenters. The third kappa shape index (κ3) is 2.59. The number of rotatable bonds is 6. The summed E-state index contributed by atoms with van der Waals surface area (Å²) >= 11 is 0. The molecule has 1 fully saturated rings. The lowest BCUT2D eigenvalue weighted by molar-refractivity contribution is -0.0979. The summed E-state index contributed by atoms with van der Waals surface area (Å²) < 4.78 is 7.48. The minimum atomic E-state index is 0.230. The number of hydrogen-bond donors (Lipinski definition) is 1. The van der Waals surface area contributed by atoms with E-state index in [1.54, 1.807) is 7.11 Å². The van der Waals surface area contributed by atoms with Gasteiger partial charge in [-0.25, -0.2) is 0 Å². The van der Waals surface area contributed by atoms with Gasteiger partial charge in [-0.05, 0) is 12.8 Å². The second-order valence-corrected chi connectivity index (χ2v) is 5.83. The lowest BCUT2D eigenvalue weighted by atomic mass is 9.64. The topological polar surface area (TPSA) is 39.1 Å². The van der Waals surface area contributed by atoms with Crippen LogP contribution in [0.2, 0.25) is 0 Å². The number of aryl methyl sites for hydroxylation is 1. The van der Waals surface area contributed by atoms with Crippen molar-refractivity contribution in [3.8, 4) is 0 Å². The fraction of sp³-hybridized carbons (Fsp3) is 0.786. The Morgan fingerprint density at radius 1 is 1.56 bits per heavy atom. The monoisotopic (exact) mass is 251 g/mol. The zero-order chi connectivity index (χ0) is 13.2. The van der Waals surface area contributed by atoms with E-state index in [-0.39, 0.29) is 5.41 Å². The van der Waals surface area contributed by atoms with Crippen molar-refractivity contribution in [1.82, 2.24) is 15.1 Å². The van der Waals surface area contributed by atoms with Gasteiger partial charge < -0.3 is 10.1 Å². The molecular weight excluding hydrogens is 226 g/mol. The number of nitrogens with zero attached hydrogens (tertiary/aromatic N) is 2. The quantitative estimate of drug-likeness (QED) is 0.842. The molecule has 4 nitrogen and oxygen atoms in total. The molecule has 0 saturated heterocycles. The number of aromatic nitrogens is 2. The third-order valence-corrected chi connectivity index (χ3v) is 4.15. The van der Waals surface area contributed by atoms with Crippen LogP contribution in [0, 0.1) is 5.41 Å². The van der Waals surface area contributed by atoms with E-state index in [4.69, 9.17) is 4.74 Å². The fourth-order valence-electron chi connectivity index (χ4n) is 2.72. The molecule has 1 aromatic heterocycles. The SMILES string of the molecule is CCCn1cc(CNC2CC(OC)C2(C)C)cn1.